The van der Waals surface area contributed by atoms with Crippen molar-refractivity contribution in [2.24, 2.45) is 0 Å². The van der Waals surface area contributed by atoms with Gasteiger partial charge in [-0.15, -0.1) is 0 Å². The van der Waals surface area contributed by atoms with E-state index in [2.05, 4.69) is 57.2 Å². The summed E-state index contributed by atoms with van der Waals surface area (Å²) >= 11 is 0. The van der Waals surface area contributed by atoms with Crippen LogP contribution in [0, 0.1) is 20.8 Å². The number of fused-ring (bicyclic) bond motifs is 1. The number of pyridine rings is 1. The highest BCUT2D eigenvalue weighted by atomic mass is 16.5. The minimum Gasteiger partial charge on any atom is -0.496 e. The lowest BCUT2D eigenvalue weighted by molar-refractivity contribution is 0.419. The molecule has 0 spiro atoms. The van der Waals surface area contributed by atoms with Crippen LogP contribution in [0.5, 0.6) is 5.75 Å². The number of nitrogens with zero attached hydrogens (tertiary/aromatic N) is 1. The Labute approximate surface area is 125 Å². The van der Waals surface area contributed by atoms with Gasteiger partial charge in [0.15, 0.2) is 0 Å². The van der Waals surface area contributed by atoms with Crippen molar-refractivity contribution >= 4 is 10.9 Å². The van der Waals surface area contributed by atoms with Gasteiger partial charge >= 0.3 is 0 Å². The summed E-state index contributed by atoms with van der Waals surface area (Å²) < 4.78 is 5.55. The molecule has 0 radical (unpaired) electrons. The molecule has 21 heavy (non-hydrogen) atoms. The molecule has 0 aliphatic carbocycles. The molecule has 0 atom stereocenters. The Morgan fingerprint density at radius 1 is 0.810 bits per heavy atom. The topological polar surface area (TPSA) is 22.1 Å². The highest BCUT2D eigenvalue weighted by Gasteiger charge is 2.09. The van der Waals surface area contributed by atoms with Gasteiger partial charge in [-0.25, -0.2) is 4.98 Å². The molecular weight excluding hydrogens is 258 g/mol. The number of methoxy groups -OCH3 is 1. The Morgan fingerprint density at radius 2 is 1.52 bits per heavy atom. The summed E-state index contributed by atoms with van der Waals surface area (Å²) in [6, 6.07) is 14.8. The molecule has 106 valence electrons. The van der Waals surface area contributed by atoms with E-state index in [1.807, 2.05) is 6.07 Å². The third-order valence-electron chi connectivity index (χ3n) is 3.66. The summed E-state index contributed by atoms with van der Waals surface area (Å²) in [6.45, 7) is 6.30. The van der Waals surface area contributed by atoms with Crippen LogP contribution in [0.25, 0.3) is 22.2 Å². The summed E-state index contributed by atoms with van der Waals surface area (Å²) in [5.74, 6) is 0.870. The normalized spacial score (nSPS) is 10.9. The molecule has 0 saturated heterocycles. The van der Waals surface area contributed by atoms with Crippen LogP contribution < -0.4 is 4.74 Å². The Hall–Kier alpha value is -2.35. The maximum absolute atomic E-state index is 5.55. The first-order valence-electron chi connectivity index (χ1n) is 7.11. The molecule has 1 heterocycles. The van der Waals surface area contributed by atoms with Crippen LogP contribution in [-0.4, -0.2) is 12.1 Å². The lowest BCUT2D eigenvalue weighted by Crippen LogP contribution is -1.92. The first kappa shape index (κ1) is 13.6. The number of benzene rings is 2. The molecule has 0 unspecified atom stereocenters. The molecule has 2 heteroatoms. The van der Waals surface area contributed by atoms with Crippen molar-refractivity contribution in [2.45, 2.75) is 20.8 Å². The maximum atomic E-state index is 5.55. The number of hydrogen-bond donors (Lipinski definition) is 0. The highest BCUT2D eigenvalue weighted by Crippen LogP contribution is 2.31. The molecule has 0 aliphatic heterocycles. The third kappa shape index (κ3) is 2.62. The van der Waals surface area contributed by atoms with Crippen molar-refractivity contribution in [3.05, 3.63) is 59.2 Å². The van der Waals surface area contributed by atoms with Crippen LogP contribution in [0.2, 0.25) is 0 Å². The van der Waals surface area contributed by atoms with E-state index >= 15 is 0 Å². The van der Waals surface area contributed by atoms with Crippen LogP contribution >= 0.6 is 0 Å². The minimum absolute atomic E-state index is 0.870. The number of aromatic nitrogens is 1. The van der Waals surface area contributed by atoms with Crippen LogP contribution in [0.15, 0.2) is 42.5 Å². The first-order chi connectivity index (χ1) is 10.1. The van der Waals surface area contributed by atoms with Crippen molar-refractivity contribution in [2.75, 3.05) is 7.11 Å². The SMILES string of the molecule is COc1cc(-c2cc(C)cc(C)c2)nc2cc(C)ccc12. The van der Waals surface area contributed by atoms with Crippen molar-refractivity contribution < 1.29 is 4.74 Å². The molecule has 0 amide bonds. The zero-order valence-corrected chi connectivity index (χ0v) is 12.9. The largest absolute Gasteiger partial charge is 0.496 e. The van der Waals surface area contributed by atoms with Gasteiger partial charge in [-0.3, -0.25) is 0 Å². The number of hydrogen-bond acceptors (Lipinski definition) is 2. The fraction of sp³-hybridized carbons (Fsp3) is 0.211. The molecule has 0 saturated carbocycles. The zero-order valence-electron chi connectivity index (χ0n) is 12.9. The van der Waals surface area contributed by atoms with Gasteiger partial charge in [-0.1, -0.05) is 23.3 Å². The monoisotopic (exact) mass is 277 g/mol. The fourth-order valence-electron chi connectivity index (χ4n) is 2.75. The minimum atomic E-state index is 0.870. The summed E-state index contributed by atoms with van der Waals surface area (Å²) in [5, 5.41) is 1.05. The summed E-state index contributed by atoms with van der Waals surface area (Å²) in [5.41, 5.74) is 6.76. The van der Waals surface area contributed by atoms with Gasteiger partial charge in [0.2, 0.25) is 0 Å². The zero-order chi connectivity index (χ0) is 15.0. The molecule has 0 aliphatic rings. The van der Waals surface area contributed by atoms with Crippen molar-refractivity contribution in [1.29, 1.82) is 0 Å². The molecule has 2 nitrogen and oxygen atoms in total. The van der Waals surface area contributed by atoms with Crippen LogP contribution in [0.3, 0.4) is 0 Å². The van der Waals surface area contributed by atoms with Crippen LogP contribution in [0.1, 0.15) is 16.7 Å². The Kier molecular flexibility index (Phi) is 3.38. The predicted octanol–water partition coefficient (Wildman–Crippen LogP) is 4.84. The fourth-order valence-corrected chi connectivity index (χ4v) is 2.75. The Bertz CT molecular complexity index is 801. The second-order valence-corrected chi connectivity index (χ2v) is 5.61. The average Bonchev–Trinajstić information content (AvgIpc) is 2.44. The van der Waals surface area contributed by atoms with Gasteiger partial charge < -0.3 is 4.74 Å². The molecule has 3 aromatic rings. The van der Waals surface area contributed by atoms with E-state index in [4.69, 9.17) is 9.72 Å². The van der Waals surface area contributed by atoms with E-state index in [-0.39, 0.29) is 0 Å². The molecule has 0 N–H and O–H groups in total. The number of ether oxygens (including phenoxy) is 1. The molecule has 2 aromatic carbocycles. The summed E-state index contributed by atoms with van der Waals surface area (Å²) in [6.07, 6.45) is 0. The van der Waals surface area contributed by atoms with Gasteiger partial charge in [-0.05, 0) is 50.6 Å². The van der Waals surface area contributed by atoms with E-state index in [0.29, 0.717) is 0 Å². The summed E-state index contributed by atoms with van der Waals surface area (Å²) in [4.78, 5) is 4.82. The second kappa shape index (κ2) is 5.21. The molecule has 0 bridgehead atoms. The summed E-state index contributed by atoms with van der Waals surface area (Å²) in [7, 11) is 1.71. The van der Waals surface area contributed by atoms with Gasteiger partial charge in [-0.2, -0.15) is 0 Å². The van der Waals surface area contributed by atoms with E-state index < -0.39 is 0 Å². The van der Waals surface area contributed by atoms with Crippen molar-refractivity contribution in [3.63, 3.8) is 0 Å². The first-order valence-corrected chi connectivity index (χ1v) is 7.11. The van der Waals surface area contributed by atoms with Crippen molar-refractivity contribution in [3.8, 4) is 17.0 Å². The predicted molar refractivity (Wildman–Crippen MR) is 87.9 cm³/mol. The highest BCUT2D eigenvalue weighted by molar-refractivity contribution is 5.88. The smallest absolute Gasteiger partial charge is 0.130 e. The molecular formula is C19H19NO. The molecule has 1 aromatic heterocycles. The van der Waals surface area contributed by atoms with E-state index in [1.54, 1.807) is 7.11 Å². The quantitative estimate of drug-likeness (QED) is 0.669. The van der Waals surface area contributed by atoms with Gasteiger partial charge in [0.05, 0.1) is 18.3 Å². The lowest BCUT2D eigenvalue weighted by atomic mass is 10.0. The number of aryl methyl sites for hydroxylation is 3. The van der Waals surface area contributed by atoms with Crippen LogP contribution in [-0.2, 0) is 0 Å². The molecule has 3 rings (SSSR count). The Balaban J connectivity index is 2.27. The second-order valence-electron chi connectivity index (χ2n) is 5.61. The maximum Gasteiger partial charge on any atom is 0.130 e. The Morgan fingerprint density at radius 3 is 2.19 bits per heavy atom. The van der Waals surface area contributed by atoms with Crippen molar-refractivity contribution in [1.82, 2.24) is 4.98 Å². The van der Waals surface area contributed by atoms with Gasteiger partial charge in [0, 0.05) is 17.0 Å². The third-order valence-corrected chi connectivity index (χ3v) is 3.66. The lowest BCUT2D eigenvalue weighted by Gasteiger charge is -2.10. The van der Waals surface area contributed by atoms with E-state index in [1.165, 1.54) is 16.7 Å². The number of rotatable bonds is 2. The van der Waals surface area contributed by atoms with E-state index in [9.17, 15) is 0 Å². The van der Waals surface area contributed by atoms with E-state index in [0.717, 1.165) is 27.9 Å². The van der Waals surface area contributed by atoms with Gasteiger partial charge in [0.1, 0.15) is 5.75 Å². The van der Waals surface area contributed by atoms with Crippen LogP contribution in [0.4, 0.5) is 0 Å². The van der Waals surface area contributed by atoms with Gasteiger partial charge in [0.25, 0.3) is 0 Å². The molecule has 0 fully saturated rings. The average molecular weight is 277 g/mol. The standard InChI is InChI=1S/C19H19NO/c1-12-5-6-16-18(10-12)20-17(11-19(16)21-4)15-8-13(2)7-14(3)9-15/h5-11H,1-4H3.